The van der Waals surface area contributed by atoms with Gasteiger partial charge in [0.1, 0.15) is 0 Å². The molecule has 0 aromatic rings. The van der Waals surface area contributed by atoms with Crippen molar-refractivity contribution in [3.05, 3.63) is 0 Å². The van der Waals surface area contributed by atoms with E-state index in [2.05, 4.69) is 23.9 Å². The van der Waals surface area contributed by atoms with Crippen molar-refractivity contribution in [2.75, 3.05) is 40.4 Å². The fraction of sp³-hybridized carbons (Fsp3) is 0.875. The molecule has 0 atom stereocenters. The van der Waals surface area contributed by atoms with Crippen molar-refractivity contribution in [1.29, 1.82) is 0 Å². The molecule has 22 heavy (non-hydrogen) atoms. The first-order valence-corrected chi connectivity index (χ1v) is 8.22. The second-order valence-electron chi connectivity index (χ2n) is 5.27. The van der Waals surface area contributed by atoms with Crippen molar-refractivity contribution < 1.29 is 19.1 Å². The molecule has 0 aromatic carbocycles. The maximum Gasteiger partial charge on any atom is 0.306 e. The largest absolute Gasteiger partial charge is 0.469 e. The summed E-state index contributed by atoms with van der Waals surface area (Å²) in [7, 11) is 2.79. The number of esters is 2. The molecule has 0 aromatic heterocycles. The van der Waals surface area contributed by atoms with Crippen LogP contribution < -0.4 is 0 Å². The molecule has 0 unspecified atom stereocenters. The number of ether oxygens (including phenoxy) is 2. The van der Waals surface area contributed by atoms with Gasteiger partial charge in [0.25, 0.3) is 0 Å². The van der Waals surface area contributed by atoms with Crippen molar-refractivity contribution in [1.82, 2.24) is 10.0 Å². The molecule has 0 heterocycles. The minimum absolute atomic E-state index is 0.228. The first-order chi connectivity index (χ1) is 10.6. The van der Waals surface area contributed by atoms with Gasteiger partial charge < -0.3 is 9.47 Å². The number of hydrogen-bond acceptors (Lipinski definition) is 6. The predicted molar refractivity (Wildman–Crippen MR) is 86.2 cm³/mol. The number of hydrazine groups is 1. The second-order valence-corrected chi connectivity index (χ2v) is 5.27. The van der Waals surface area contributed by atoms with Gasteiger partial charge >= 0.3 is 11.9 Å². The maximum absolute atomic E-state index is 11.4. The van der Waals surface area contributed by atoms with Crippen molar-refractivity contribution in [3.63, 3.8) is 0 Å². The molecule has 0 N–H and O–H groups in total. The molecule has 0 rings (SSSR count). The van der Waals surface area contributed by atoms with Crippen LogP contribution in [-0.2, 0) is 19.1 Å². The number of carbonyl (C=O) groups is 2. The van der Waals surface area contributed by atoms with E-state index >= 15 is 0 Å². The number of carbonyl (C=O) groups excluding carboxylic acids is 2. The molecule has 0 spiro atoms. The summed E-state index contributed by atoms with van der Waals surface area (Å²) >= 11 is 0. The summed E-state index contributed by atoms with van der Waals surface area (Å²) < 4.78 is 9.43. The van der Waals surface area contributed by atoms with E-state index in [0.717, 1.165) is 38.8 Å². The van der Waals surface area contributed by atoms with E-state index in [-0.39, 0.29) is 11.9 Å². The molecule has 0 radical (unpaired) electrons. The van der Waals surface area contributed by atoms with E-state index in [9.17, 15) is 9.59 Å². The number of hydrogen-bond donors (Lipinski definition) is 0. The highest BCUT2D eigenvalue weighted by atomic mass is 16.5. The van der Waals surface area contributed by atoms with E-state index in [4.69, 9.17) is 9.47 Å². The lowest BCUT2D eigenvalue weighted by Gasteiger charge is -2.35. The average molecular weight is 316 g/mol. The van der Waals surface area contributed by atoms with Crippen LogP contribution in [0.3, 0.4) is 0 Å². The van der Waals surface area contributed by atoms with Gasteiger partial charge in [-0.05, 0) is 12.8 Å². The van der Waals surface area contributed by atoms with Crippen LogP contribution in [0.5, 0.6) is 0 Å². The Kier molecular flexibility index (Phi) is 12.8. The van der Waals surface area contributed by atoms with Crippen molar-refractivity contribution in [2.24, 2.45) is 0 Å². The molecule has 0 saturated carbocycles. The third-order valence-corrected chi connectivity index (χ3v) is 3.54. The van der Waals surface area contributed by atoms with E-state index in [1.807, 2.05) is 0 Å². The highest BCUT2D eigenvalue weighted by molar-refractivity contribution is 5.70. The highest BCUT2D eigenvalue weighted by Gasteiger charge is 2.17. The first-order valence-electron chi connectivity index (χ1n) is 8.22. The summed E-state index contributed by atoms with van der Waals surface area (Å²) in [5.41, 5.74) is 0. The minimum atomic E-state index is -0.228. The van der Waals surface area contributed by atoms with Gasteiger partial charge in [-0.2, -0.15) is 0 Å². The Morgan fingerprint density at radius 3 is 1.41 bits per heavy atom. The first kappa shape index (κ1) is 20.9. The predicted octanol–water partition coefficient (Wildman–Crippen LogP) is 2.23. The smallest absolute Gasteiger partial charge is 0.306 e. The average Bonchev–Trinajstić information content (AvgIpc) is 2.54. The highest BCUT2D eigenvalue weighted by Crippen LogP contribution is 2.07. The van der Waals surface area contributed by atoms with Crippen LogP contribution in [0, 0.1) is 0 Å². The molecule has 0 saturated heterocycles. The zero-order valence-electron chi connectivity index (χ0n) is 14.6. The zero-order chi connectivity index (χ0) is 16.8. The third kappa shape index (κ3) is 9.73. The van der Waals surface area contributed by atoms with Crippen molar-refractivity contribution in [2.45, 2.75) is 52.4 Å². The van der Waals surface area contributed by atoms with E-state index in [1.54, 1.807) is 0 Å². The third-order valence-electron chi connectivity index (χ3n) is 3.54. The summed E-state index contributed by atoms with van der Waals surface area (Å²) in [6.45, 7) is 7.34. The fourth-order valence-corrected chi connectivity index (χ4v) is 2.12. The quantitative estimate of drug-likeness (QED) is 0.384. The van der Waals surface area contributed by atoms with Crippen molar-refractivity contribution in [3.8, 4) is 0 Å². The Bertz CT molecular complexity index is 283. The molecule has 0 aliphatic carbocycles. The lowest BCUT2D eigenvalue weighted by Crippen LogP contribution is -2.46. The number of unbranched alkanes of at least 4 members (excludes halogenated alkanes) is 2. The number of methoxy groups -OCH3 is 2. The standard InChI is InChI=1S/C16H32N2O4/c1-5-7-11-17(12-8-6-2)18(13-9-15(19)21-3)14-10-16(20)22-4/h5-14H2,1-4H3. The van der Waals surface area contributed by atoms with E-state index in [0.29, 0.717) is 25.9 Å². The fourth-order valence-electron chi connectivity index (χ4n) is 2.12. The summed E-state index contributed by atoms with van der Waals surface area (Å²) in [6.07, 6.45) is 5.07. The summed E-state index contributed by atoms with van der Waals surface area (Å²) in [6, 6.07) is 0. The summed E-state index contributed by atoms with van der Waals surface area (Å²) in [5, 5.41) is 4.36. The normalized spacial score (nSPS) is 11.0. The maximum atomic E-state index is 11.4. The number of nitrogens with zero attached hydrogens (tertiary/aromatic N) is 2. The van der Waals surface area contributed by atoms with Crippen LogP contribution in [0.25, 0.3) is 0 Å². The molecule has 0 amide bonds. The Balaban J connectivity index is 4.68. The molecule has 6 nitrogen and oxygen atoms in total. The molecule has 130 valence electrons. The monoisotopic (exact) mass is 316 g/mol. The van der Waals surface area contributed by atoms with Crippen LogP contribution in [0.15, 0.2) is 0 Å². The second kappa shape index (κ2) is 13.5. The van der Waals surface area contributed by atoms with Gasteiger partial charge in [0.15, 0.2) is 0 Å². The van der Waals surface area contributed by atoms with Crippen LogP contribution in [0.2, 0.25) is 0 Å². The SMILES string of the molecule is CCCCN(CCCC)N(CCC(=O)OC)CCC(=O)OC. The van der Waals surface area contributed by atoms with Crippen LogP contribution in [0.4, 0.5) is 0 Å². The molecule has 0 aliphatic rings. The van der Waals surface area contributed by atoms with Gasteiger partial charge in [-0.25, -0.2) is 10.0 Å². The van der Waals surface area contributed by atoms with Gasteiger partial charge in [-0.1, -0.05) is 26.7 Å². The zero-order valence-corrected chi connectivity index (χ0v) is 14.6. The minimum Gasteiger partial charge on any atom is -0.469 e. The van der Waals surface area contributed by atoms with Crippen LogP contribution in [0.1, 0.15) is 52.4 Å². The topological polar surface area (TPSA) is 59.1 Å². The molecule has 0 bridgehead atoms. The van der Waals surface area contributed by atoms with Crippen LogP contribution in [-0.4, -0.2) is 62.4 Å². The lowest BCUT2D eigenvalue weighted by atomic mass is 10.3. The van der Waals surface area contributed by atoms with E-state index < -0.39 is 0 Å². The Hall–Kier alpha value is -1.14. The van der Waals surface area contributed by atoms with Gasteiger partial charge in [0.2, 0.25) is 0 Å². The summed E-state index contributed by atoms with van der Waals surface area (Å²) in [4.78, 5) is 22.8. The molecule has 0 fully saturated rings. The Morgan fingerprint density at radius 2 is 1.09 bits per heavy atom. The van der Waals surface area contributed by atoms with Gasteiger partial charge in [-0.15, -0.1) is 0 Å². The Labute approximate surface area is 134 Å². The van der Waals surface area contributed by atoms with Gasteiger partial charge in [0.05, 0.1) is 27.1 Å². The Morgan fingerprint density at radius 1 is 0.727 bits per heavy atom. The van der Waals surface area contributed by atoms with Gasteiger partial charge in [0, 0.05) is 26.2 Å². The molecular formula is C16H32N2O4. The van der Waals surface area contributed by atoms with E-state index in [1.165, 1.54) is 14.2 Å². The van der Waals surface area contributed by atoms with Crippen LogP contribution >= 0.6 is 0 Å². The molecule has 6 heteroatoms. The molecular weight excluding hydrogens is 284 g/mol. The number of rotatable bonds is 13. The lowest BCUT2D eigenvalue weighted by molar-refractivity contribution is -0.143. The van der Waals surface area contributed by atoms with Gasteiger partial charge in [-0.3, -0.25) is 9.59 Å². The van der Waals surface area contributed by atoms with Crippen molar-refractivity contribution >= 4 is 11.9 Å². The summed E-state index contributed by atoms with van der Waals surface area (Å²) in [5.74, 6) is -0.456. The molecule has 0 aliphatic heterocycles.